The first-order chi connectivity index (χ1) is 13.2. The van der Waals surface area contributed by atoms with Gasteiger partial charge in [0.2, 0.25) is 5.88 Å². The van der Waals surface area contributed by atoms with Gasteiger partial charge in [-0.3, -0.25) is 0 Å². The minimum Gasteiger partial charge on any atom is -0.507 e. The number of aromatic hydroxyl groups is 1. The van der Waals surface area contributed by atoms with Crippen molar-refractivity contribution in [1.82, 2.24) is 24.8 Å². The predicted octanol–water partition coefficient (Wildman–Crippen LogP) is 2.70. The molecule has 2 saturated heterocycles. The van der Waals surface area contributed by atoms with Crippen LogP contribution in [0.2, 0.25) is 0 Å². The maximum Gasteiger partial charge on any atom is 0.232 e. The molecular weight excluding hydrogens is 342 g/mol. The number of phenols is 1. The molecule has 1 aromatic carbocycles. The lowest BCUT2D eigenvalue weighted by Gasteiger charge is -2.28. The van der Waals surface area contributed by atoms with Crippen molar-refractivity contribution in [3.8, 4) is 28.6 Å². The fourth-order valence-corrected chi connectivity index (χ4v) is 4.10. The number of fused-ring (bicyclic) bond motifs is 2. The molecule has 0 unspecified atom stereocenters. The molecule has 4 heterocycles. The lowest BCUT2D eigenvalue weighted by molar-refractivity contribution is 0.131. The van der Waals surface area contributed by atoms with E-state index in [0.717, 1.165) is 18.5 Å². The van der Waals surface area contributed by atoms with Crippen molar-refractivity contribution in [3.05, 3.63) is 49.3 Å². The van der Waals surface area contributed by atoms with Crippen molar-refractivity contribution in [2.75, 3.05) is 0 Å². The summed E-state index contributed by atoms with van der Waals surface area (Å²) in [5.41, 5.74) is 2.09. The first-order valence-corrected chi connectivity index (χ1v) is 9.31. The average Bonchev–Trinajstić information content (AvgIpc) is 3.32. The highest BCUT2D eigenvalue weighted by Crippen LogP contribution is 2.31. The number of piperidine rings is 1. The van der Waals surface area contributed by atoms with Crippen LogP contribution < -0.4 is 10.1 Å². The Morgan fingerprint density at radius 3 is 2.63 bits per heavy atom. The number of rotatable bonds is 4. The Hall–Kier alpha value is -2.93. The molecular formula is C20H21N5O2. The molecule has 2 fully saturated rings. The quantitative estimate of drug-likeness (QED) is 0.741. The summed E-state index contributed by atoms with van der Waals surface area (Å²) in [6.07, 6.45) is 13.2. The van der Waals surface area contributed by atoms with Gasteiger partial charge in [-0.15, -0.1) is 0 Å². The van der Waals surface area contributed by atoms with E-state index in [4.69, 9.17) is 4.74 Å². The topological polar surface area (TPSA) is 85.1 Å². The van der Waals surface area contributed by atoms with Crippen molar-refractivity contribution in [2.45, 2.75) is 43.9 Å². The molecule has 7 heteroatoms. The second-order valence-corrected chi connectivity index (χ2v) is 7.26. The van der Waals surface area contributed by atoms with Crippen LogP contribution in [-0.4, -0.2) is 42.8 Å². The monoisotopic (exact) mass is 363 g/mol. The zero-order valence-electron chi connectivity index (χ0n) is 14.8. The minimum absolute atomic E-state index is 0.152. The second-order valence-electron chi connectivity index (χ2n) is 7.26. The molecule has 5 rings (SSSR count). The van der Waals surface area contributed by atoms with E-state index in [1.165, 1.54) is 12.8 Å². The Kier molecular flexibility index (Phi) is 4.01. The molecule has 27 heavy (non-hydrogen) atoms. The van der Waals surface area contributed by atoms with Crippen molar-refractivity contribution < 1.29 is 9.84 Å². The average molecular weight is 363 g/mol. The van der Waals surface area contributed by atoms with Gasteiger partial charge in [0.1, 0.15) is 11.9 Å². The lowest BCUT2D eigenvalue weighted by Crippen LogP contribution is -2.42. The van der Waals surface area contributed by atoms with Crippen LogP contribution in [0.1, 0.15) is 25.7 Å². The SMILES string of the molecule is Oc1cc(-n2ccnc2)ccc1-c1cnc(O[C@H]2C[C@H]3CC[C@@H](C2)N3)cn1. The third-order valence-corrected chi connectivity index (χ3v) is 5.41. The zero-order valence-corrected chi connectivity index (χ0v) is 14.8. The molecule has 2 aliphatic rings. The van der Waals surface area contributed by atoms with Crippen molar-refractivity contribution >= 4 is 0 Å². The molecule has 2 bridgehead atoms. The first kappa shape index (κ1) is 16.3. The summed E-state index contributed by atoms with van der Waals surface area (Å²) in [6.45, 7) is 0. The summed E-state index contributed by atoms with van der Waals surface area (Å²) in [5.74, 6) is 0.693. The van der Waals surface area contributed by atoms with Gasteiger partial charge in [0, 0.05) is 36.1 Å². The number of nitrogens with one attached hydrogen (secondary N) is 1. The van der Waals surface area contributed by atoms with Crippen LogP contribution >= 0.6 is 0 Å². The highest BCUT2D eigenvalue weighted by molar-refractivity contribution is 5.68. The van der Waals surface area contributed by atoms with Gasteiger partial charge in [0.25, 0.3) is 0 Å². The molecule has 3 aromatic rings. The molecule has 0 radical (unpaired) electrons. The number of imidazole rings is 1. The first-order valence-electron chi connectivity index (χ1n) is 9.31. The fraction of sp³-hybridized carbons (Fsp3) is 0.350. The van der Waals surface area contributed by atoms with Gasteiger partial charge < -0.3 is 19.7 Å². The van der Waals surface area contributed by atoms with E-state index >= 15 is 0 Å². The molecule has 0 amide bonds. The van der Waals surface area contributed by atoms with Gasteiger partial charge >= 0.3 is 0 Å². The van der Waals surface area contributed by atoms with Crippen molar-refractivity contribution in [2.24, 2.45) is 0 Å². The third-order valence-electron chi connectivity index (χ3n) is 5.41. The van der Waals surface area contributed by atoms with E-state index in [9.17, 15) is 5.11 Å². The number of aromatic nitrogens is 4. The van der Waals surface area contributed by atoms with Gasteiger partial charge in [-0.2, -0.15) is 0 Å². The standard InChI is InChI=1S/C20H21N5O2/c26-19-9-15(25-6-5-21-12-25)3-4-17(19)18-10-23-20(11-22-18)27-16-7-13-1-2-14(8-16)24-13/h3-6,9-14,16,24,26H,1-2,7-8H2/t13-,14+,16+. The Bertz CT molecular complexity index is 914. The van der Waals surface area contributed by atoms with E-state index < -0.39 is 0 Å². The summed E-state index contributed by atoms with van der Waals surface area (Å²) < 4.78 is 7.87. The van der Waals surface area contributed by atoms with Gasteiger partial charge in [0.15, 0.2) is 0 Å². The number of nitrogens with zero attached hydrogens (tertiary/aromatic N) is 4. The molecule has 0 saturated carbocycles. The Balaban J connectivity index is 1.31. The summed E-state index contributed by atoms with van der Waals surface area (Å²) in [6, 6.07) is 6.58. The van der Waals surface area contributed by atoms with Crippen LogP contribution in [0.5, 0.6) is 11.6 Å². The second kappa shape index (κ2) is 6.66. The zero-order chi connectivity index (χ0) is 18.2. The molecule has 2 N–H and O–H groups in total. The molecule has 3 atom stereocenters. The van der Waals surface area contributed by atoms with Gasteiger partial charge in [0.05, 0.1) is 30.1 Å². The van der Waals surface area contributed by atoms with Crippen molar-refractivity contribution in [1.29, 1.82) is 0 Å². The van der Waals surface area contributed by atoms with E-state index in [0.29, 0.717) is 29.2 Å². The van der Waals surface area contributed by atoms with Crippen LogP contribution in [0.4, 0.5) is 0 Å². The smallest absolute Gasteiger partial charge is 0.232 e. The number of ether oxygens (including phenoxy) is 1. The van der Waals surface area contributed by atoms with Gasteiger partial charge in [-0.05, 0) is 37.8 Å². The summed E-state index contributed by atoms with van der Waals surface area (Å²) in [5, 5.41) is 14.0. The van der Waals surface area contributed by atoms with Gasteiger partial charge in [-0.1, -0.05) is 0 Å². The maximum atomic E-state index is 10.4. The number of hydrogen-bond donors (Lipinski definition) is 2. The summed E-state index contributed by atoms with van der Waals surface area (Å²) in [7, 11) is 0. The Morgan fingerprint density at radius 1 is 1.11 bits per heavy atom. The molecule has 0 spiro atoms. The maximum absolute atomic E-state index is 10.4. The molecule has 2 aliphatic heterocycles. The highest BCUT2D eigenvalue weighted by atomic mass is 16.5. The third kappa shape index (κ3) is 3.26. The molecule has 2 aromatic heterocycles. The van der Waals surface area contributed by atoms with Crippen LogP contribution in [-0.2, 0) is 0 Å². The van der Waals surface area contributed by atoms with Gasteiger partial charge in [-0.25, -0.2) is 15.0 Å². The number of phenolic OH excluding ortho intramolecular Hbond substituents is 1. The fourth-order valence-electron chi connectivity index (χ4n) is 4.10. The minimum atomic E-state index is 0.152. The Morgan fingerprint density at radius 2 is 1.96 bits per heavy atom. The van der Waals surface area contributed by atoms with Crippen LogP contribution in [0.15, 0.2) is 49.3 Å². The largest absolute Gasteiger partial charge is 0.507 e. The van der Waals surface area contributed by atoms with E-state index in [1.54, 1.807) is 31.0 Å². The van der Waals surface area contributed by atoms with Crippen molar-refractivity contribution in [3.63, 3.8) is 0 Å². The normalized spacial score (nSPS) is 24.1. The number of benzene rings is 1. The van der Waals surface area contributed by atoms with Crippen LogP contribution in [0.25, 0.3) is 16.9 Å². The van der Waals surface area contributed by atoms with E-state index in [-0.39, 0.29) is 11.9 Å². The lowest BCUT2D eigenvalue weighted by atomic mass is 10.0. The molecule has 138 valence electrons. The van der Waals surface area contributed by atoms with Crippen LogP contribution in [0, 0.1) is 0 Å². The number of hydrogen-bond acceptors (Lipinski definition) is 6. The summed E-state index contributed by atoms with van der Waals surface area (Å²) in [4.78, 5) is 12.9. The predicted molar refractivity (Wildman–Crippen MR) is 99.9 cm³/mol. The molecule has 7 nitrogen and oxygen atoms in total. The van der Waals surface area contributed by atoms with E-state index in [1.807, 2.05) is 22.9 Å². The van der Waals surface area contributed by atoms with Crippen LogP contribution in [0.3, 0.4) is 0 Å². The summed E-state index contributed by atoms with van der Waals surface area (Å²) >= 11 is 0. The Labute approximate surface area is 157 Å². The molecule has 0 aliphatic carbocycles. The highest BCUT2D eigenvalue weighted by Gasteiger charge is 2.34. The van der Waals surface area contributed by atoms with E-state index in [2.05, 4.69) is 20.3 Å².